The summed E-state index contributed by atoms with van der Waals surface area (Å²) in [4.78, 5) is 25.5. The van der Waals surface area contributed by atoms with Gasteiger partial charge in [-0.3, -0.25) is 9.59 Å². The number of halogens is 1. The molecular weight excluding hydrogens is 240 g/mol. The largest absolute Gasteiger partial charge is 0.346 e. The molecule has 2 aliphatic rings. The van der Waals surface area contributed by atoms with Crippen LogP contribution in [0.1, 0.15) is 39.0 Å². The Balaban J connectivity index is 2.10. The molecular formula is C12H19ClN2O2. The molecule has 1 saturated carbocycles. The van der Waals surface area contributed by atoms with E-state index in [9.17, 15) is 9.59 Å². The molecule has 0 bridgehead atoms. The summed E-state index contributed by atoms with van der Waals surface area (Å²) in [7, 11) is 0. The van der Waals surface area contributed by atoms with E-state index in [1.54, 1.807) is 0 Å². The third-order valence-corrected chi connectivity index (χ3v) is 4.31. The van der Waals surface area contributed by atoms with Crippen LogP contribution < -0.4 is 5.32 Å². The van der Waals surface area contributed by atoms with Crippen molar-refractivity contribution in [2.24, 2.45) is 0 Å². The first kappa shape index (κ1) is 12.7. The number of alkyl halides is 1. The van der Waals surface area contributed by atoms with E-state index in [2.05, 4.69) is 12.2 Å². The van der Waals surface area contributed by atoms with E-state index in [1.807, 2.05) is 4.90 Å². The summed E-state index contributed by atoms with van der Waals surface area (Å²) in [6, 6.07) is 0. The lowest BCUT2D eigenvalue weighted by molar-refractivity contribution is -0.132. The molecule has 1 aliphatic carbocycles. The number of hydrogen-bond acceptors (Lipinski definition) is 2. The smallest absolute Gasteiger partial charge is 0.242 e. The van der Waals surface area contributed by atoms with Crippen molar-refractivity contribution >= 4 is 23.4 Å². The topological polar surface area (TPSA) is 49.4 Å². The van der Waals surface area contributed by atoms with E-state index in [4.69, 9.17) is 11.6 Å². The predicted octanol–water partition coefficient (Wildman–Crippen LogP) is 1.27. The normalized spacial score (nSPS) is 26.9. The van der Waals surface area contributed by atoms with Crippen molar-refractivity contribution in [1.29, 1.82) is 0 Å². The average molecular weight is 259 g/mol. The maximum absolute atomic E-state index is 12.0. The third-order valence-electron chi connectivity index (χ3n) is 3.70. The first-order valence-corrected chi connectivity index (χ1v) is 6.78. The van der Waals surface area contributed by atoms with Crippen LogP contribution in [0.25, 0.3) is 0 Å². The lowest BCUT2D eigenvalue weighted by atomic mass is 10.1. The van der Waals surface area contributed by atoms with Crippen molar-refractivity contribution in [2.45, 2.75) is 49.9 Å². The van der Waals surface area contributed by atoms with Crippen molar-refractivity contribution in [3.05, 3.63) is 0 Å². The molecule has 2 fully saturated rings. The Morgan fingerprint density at radius 3 is 2.71 bits per heavy atom. The molecule has 17 heavy (non-hydrogen) atoms. The Labute approximate surface area is 107 Å². The van der Waals surface area contributed by atoms with Crippen molar-refractivity contribution in [1.82, 2.24) is 10.2 Å². The number of unbranched alkanes of at least 4 members (excludes halogenated alkanes) is 2. The predicted molar refractivity (Wildman–Crippen MR) is 65.9 cm³/mol. The average Bonchev–Trinajstić information content (AvgIpc) is 3.11. The molecule has 4 nitrogen and oxygen atoms in total. The molecule has 1 atom stereocenters. The van der Waals surface area contributed by atoms with Gasteiger partial charge in [0.05, 0.1) is 12.1 Å². The fraction of sp³-hybridized carbons (Fsp3) is 0.833. The fourth-order valence-electron chi connectivity index (χ4n) is 2.50. The molecule has 96 valence electrons. The highest BCUT2D eigenvalue weighted by molar-refractivity contribution is 6.32. The first-order valence-electron chi connectivity index (χ1n) is 6.34. The van der Waals surface area contributed by atoms with Gasteiger partial charge in [0, 0.05) is 6.54 Å². The van der Waals surface area contributed by atoms with E-state index in [1.165, 1.54) is 0 Å². The Morgan fingerprint density at radius 1 is 1.41 bits per heavy atom. The highest BCUT2D eigenvalue weighted by Crippen LogP contribution is 2.48. The number of rotatable bonds is 4. The second kappa shape index (κ2) is 4.84. The highest BCUT2D eigenvalue weighted by Gasteiger charge is 2.58. The summed E-state index contributed by atoms with van der Waals surface area (Å²) in [5, 5.41) is 2.01. The van der Waals surface area contributed by atoms with Gasteiger partial charge in [-0.15, -0.1) is 11.6 Å². The van der Waals surface area contributed by atoms with Crippen LogP contribution in [-0.2, 0) is 9.59 Å². The molecule has 1 unspecified atom stereocenters. The summed E-state index contributed by atoms with van der Waals surface area (Å²) in [6.07, 6.45) is 4.92. The van der Waals surface area contributed by atoms with E-state index >= 15 is 0 Å². The van der Waals surface area contributed by atoms with Gasteiger partial charge in [0.2, 0.25) is 11.8 Å². The van der Waals surface area contributed by atoms with Gasteiger partial charge >= 0.3 is 0 Å². The number of carbonyl (C=O) groups is 2. The molecule has 5 heteroatoms. The summed E-state index contributed by atoms with van der Waals surface area (Å²) < 4.78 is 0. The van der Waals surface area contributed by atoms with Gasteiger partial charge in [-0.2, -0.15) is 0 Å². The monoisotopic (exact) mass is 258 g/mol. The van der Waals surface area contributed by atoms with Gasteiger partial charge in [-0.1, -0.05) is 19.8 Å². The molecule has 0 aromatic carbocycles. The SMILES string of the molecule is CCCCCN1C(=O)CNC(=O)C(Cl)C12CC2. The third kappa shape index (κ3) is 2.28. The van der Waals surface area contributed by atoms with Crippen LogP contribution in [0.3, 0.4) is 0 Å². The van der Waals surface area contributed by atoms with Crippen LogP contribution >= 0.6 is 11.6 Å². The van der Waals surface area contributed by atoms with Gasteiger partial charge in [0.25, 0.3) is 0 Å². The quantitative estimate of drug-likeness (QED) is 0.610. The zero-order valence-corrected chi connectivity index (χ0v) is 10.9. The van der Waals surface area contributed by atoms with Crippen LogP contribution in [-0.4, -0.2) is 40.7 Å². The molecule has 1 saturated heterocycles. The van der Waals surface area contributed by atoms with Gasteiger partial charge in [0.1, 0.15) is 5.38 Å². The lowest BCUT2D eigenvalue weighted by Gasteiger charge is -2.31. The Morgan fingerprint density at radius 2 is 2.12 bits per heavy atom. The number of nitrogens with zero attached hydrogens (tertiary/aromatic N) is 1. The molecule has 0 aromatic rings. The molecule has 1 heterocycles. The number of carbonyl (C=O) groups excluding carboxylic acids is 2. The maximum atomic E-state index is 12.0. The Hall–Kier alpha value is -0.770. The standard InChI is InChI=1S/C12H19ClN2O2/c1-2-3-4-7-15-9(16)8-14-11(17)10(13)12(15)5-6-12/h10H,2-8H2,1H3,(H,14,17). The van der Waals surface area contributed by atoms with Crippen molar-refractivity contribution in [2.75, 3.05) is 13.1 Å². The minimum absolute atomic E-state index is 0.00935. The van der Waals surface area contributed by atoms with Gasteiger partial charge in [-0.25, -0.2) is 0 Å². The fourth-order valence-corrected chi connectivity index (χ4v) is 2.91. The van der Waals surface area contributed by atoms with Crippen LogP contribution in [0.4, 0.5) is 0 Å². The minimum Gasteiger partial charge on any atom is -0.346 e. The summed E-state index contributed by atoms with van der Waals surface area (Å²) >= 11 is 6.19. The van der Waals surface area contributed by atoms with Gasteiger partial charge in [-0.05, 0) is 19.3 Å². The molecule has 2 rings (SSSR count). The lowest BCUT2D eigenvalue weighted by Crippen LogP contribution is -2.48. The van der Waals surface area contributed by atoms with Gasteiger partial charge < -0.3 is 10.2 Å². The summed E-state index contributed by atoms with van der Waals surface area (Å²) in [5.41, 5.74) is -0.382. The molecule has 1 aliphatic heterocycles. The number of amides is 2. The van der Waals surface area contributed by atoms with E-state index in [0.29, 0.717) is 0 Å². The van der Waals surface area contributed by atoms with Crippen LogP contribution in [0, 0.1) is 0 Å². The van der Waals surface area contributed by atoms with E-state index in [0.717, 1.165) is 38.6 Å². The van der Waals surface area contributed by atoms with E-state index < -0.39 is 5.38 Å². The highest BCUT2D eigenvalue weighted by atomic mass is 35.5. The number of nitrogens with one attached hydrogen (secondary N) is 1. The van der Waals surface area contributed by atoms with Crippen LogP contribution in [0.2, 0.25) is 0 Å². The summed E-state index contributed by atoms with van der Waals surface area (Å²) in [5.74, 6) is -0.189. The Kier molecular flexibility index (Phi) is 3.61. The Bertz CT molecular complexity index is 328. The van der Waals surface area contributed by atoms with E-state index in [-0.39, 0.29) is 23.9 Å². The van der Waals surface area contributed by atoms with Crippen molar-refractivity contribution in [3.8, 4) is 0 Å². The van der Waals surface area contributed by atoms with Crippen LogP contribution in [0.15, 0.2) is 0 Å². The maximum Gasteiger partial charge on any atom is 0.242 e. The molecule has 0 radical (unpaired) electrons. The second-order valence-corrected chi connectivity index (χ2v) is 5.37. The second-order valence-electron chi connectivity index (χ2n) is 4.94. The van der Waals surface area contributed by atoms with Crippen LogP contribution in [0.5, 0.6) is 0 Å². The zero-order chi connectivity index (χ0) is 12.5. The molecule has 0 aromatic heterocycles. The number of hydrogen-bond donors (Lipinski definition) is 1. The summed E-state index contributed by atoms with van der Waals surface area (Å²) in [6.45, 7) is 2.95. The minimum atomic E-state index is -0.587. The van der Waals surface area contributed by atoms with Crippen molar-refractivity contribution < 1.29 is 9.59 Å². The molecule has 1 N–H and O–H groups in total. The van der Waals surface area contributed by atoms with Gasteiger partial charge in [0.15, 0.2) is 0 Å². The molecule has 2 amide bonds. The zero-order valence-electron chi connectivity index (χ0n) is 10.2. The first-order chi connectivity index (χ1) is 8.12. The van der Waals surface area contributed by atoms with Crippen molar-refractivity contribution in [3.63, 3.8) is 0 Å². The molecule has 1 spiro atoms.